The zero-order valence-electron chi connectivity index (χ0n) is 14.3. The zero-order valence-corrected chi connectivity index (χ0v) is 14.3. The number of nitrogens with one attached hydrogen (secondary N) is 2. The van der Waals surface area contributed by atoms with Crippen LogP contribution in [-0.2, 0) is 6.54 Å². The van der Waals surface area contributed by atoms with Crippen LogP contribution in [0.3, 0.4) is 0 Å². The first-order valence-corrected chi connectivity index (χ1v) is 8.10. The number of aromatic nitrogens is 2. The number of amides is 1. The van der Waals surface area contributed by atoms with Gasteiger partial charge in [-0.1, -0.05) is 12.1 Å². The summed E-state index contributed by atoms with van der Waals surface area (Å²) in [6.07, 6.45) is 3.40. The lowest BCUT2D eigenvalue weighted by atomic mass is 10.1. The average Bonchev–Trinajstić information content (AvgIpc) is 2.64. The van der Waals surface area contributed by atoms with Gasteiger partial charge in [-0.2, -0.15) is 0 Å². The van der Waals surface area contributed by atoms with Crippen molar-refractivity contribution >= 4 is 17.4 Å². The molecular weight excluding hydrogens is 312 g/mol. The van der Waals surface area contributed by atoms with Gasteiger partial charge in [0.1, 0.15) is 5.82 Å². The minimum absolute atomic E-state index is 0.140. The van der Waals surface area contributed by atoms with Gasteiger partial charge in [0, 0.05) is 11.8 Å². The summed E-state index contributed by atoms with van der Waals surface area (Å²) in [5.41, 5.74) is 4.50. The molecule has 2 heterocycles. The molecule has 0 saturated heterocycles. The second-order valence-corrected chi connectivity index (χ2v) is 5.86. The van der Waals surface area contributed by atoms with Crippen molar-refractivity contribution in [2.75, 3.05) is 10.6 Å². The van der Waals surface area contributed by atoms with Crippen molar-refractivity contribution in [3.05, 3.63) is 83.3 Å². The highest BCUT2D eigenvalue weighted by Crippen LogP contribution is 2.14. The summed E-state index contributed by atoms with van der Waals surface area (Å²) in [5.74, 6) is 0.592. The number of hydrogen-bond acceptors (Lipinski definition) is 4. The maximum absolute atomic E-state index is 12.3. The van der Waals surface area contributed by atoms with E-state index in [9.17, 15) is 4.79 Å². The summed E-state index contributed by atoms with van der Waals surface area (Å²) < 4.78 is 0. The van der Waals surface area contributed by atoms with Gasteiger partial charge >= 0.3 is 0 Å². The third-order valence-corrected chi connectivity index (χ3v) is 3.97. The molecule has 0 saturated carbocycles. The highest BCUT2D eigenvalue weighted by atomic mass is 16.1. The molecule has 2 aromatic heterocycles. The van der Waals surface area contributed by atoms with Crippen LogP contribution in [0.4, 0.5) is 11.5 Å². The maximum atomic E-state index is 12.3. The number of nitrogens with zero attached hydrogens (tertiary/aromatic N) is 2. The third kappa shape index (κ3) is 4.41. The van der Waals surface area contributed by atoms with E-state index < -0.39 is 0 Å². The van der Waals surface area contributed by atoms with E-state index >= 15 is 0 Å². The summed E-state index contributed by atoms with van der Waals surface area (Å²) in [6.45, 7) is 4.62. The third-order valence-electron chi connectivity index (χ3n) is 3.97. The Morgan fingerprint density at radius 2 is 1.88 bits per heavy atom. The number of carbonyl (C=O) groups excluding carboxylic acids is 1. The Kier molecular flexibility index (Phi) is 5.04. The summed E-state index contributed by atoms with van der Waals surface area (Å²) in [7, 11) is 0. The van der Waals surface area contributed by atoms with Gasteiger partial charge in [-0.3, -0.25) is 9.78 Å². The number of carbonyl (C=O) groups is 1. The lowest BCUT2D eigenvalue weighted by molar-refractivity contribution is 0.102. The van der Waals surface area contributed by atoms with E-state index in [0.717, 1.165) is 17.1 Å². The van der Waals surface area contributed by atoms with Gasteiger partial charge in [0.25, 0.3) is 5.91 Å². The van der Waals surface area contributed by atoms with Gasteiger partial charge in [0.05, 0.1) is 24.1 Å². The lowest BCUT2D eigenvalue weighted by Crippen LogP contribution is -2.12. The number of rotatable bonds is 5. The number of benzene rings is 1. The Hall–Kier alpha value is -3.21. The number of anilines is 2. The molecule has 1 aromatic carbocycles. The van der Waals surface area contributed by atoms with Crippen molar-refractivity contribution in [1.29, 1.82) is 0 Å². The number of hydrogen-bond donors (Lipinski definition) is 2. The lowest BCUT2D eigenvalue weighted by Gasteiger charge is -2.09. The quantitative estimate of drug-likeness (QED) is 0.742. The molecule has 3 rings (SSSR count). The maximum Gasteiger partial charge on any atom is 0.255 e. The Bertz CT molecular complexity index is 861. The molecule has 1 amide bonds. The van der Waals surface area contributed by atoms with E-state index in [2.05, 4.69) is 20.6 Å². The zero-order chi connectivity index (χ0) is 17.6. The van der Waals surface area contributed by atoms with Crippen molar-refractivity contribution in [2.45, 2.75) is 20.4 Å². The van der Waals surface area contributed by atoms with Crippen LogP contribution < -0.4 is 10.6 Å². The van der Waals surface area contributed by atoms with E-state index in [4.69, 9.17) is 0 Å². The fourth-order valence-electron chi connectivity index (χ4n) is 2.34. The Labute approximate surface area is 147 Å². The second-order valence-electron chi connectivity index (χ2n) is 5.86. The molecule has 0 unspecified atom stereocenters. The van der Waals surface area contributed by atoms with E-state index in [1.807, 2.05) is 62.4 Å². The van der Waals surface area contributed by atoms with Crippen LogP contribution in [0.15, 0.2) is 60.9 Å². The molecule has 3 aromatic rings. The van der Waals surface area contributed by atoms with E-state index in [1.54, 1.807) is 12.4 Å². The molecule has 2 N–H and O–H groups in total. The molecule has 126 valence electrons. The van der Waals surface area contributed by atoms with E-state index in [0.29, 0.717) is 17.8 Å². The molecule has 0 atom stereocenters. The average molecular weight is 332 g/mol. The molecule has 0 fully saturated rings. The van der Waals surface area contributed by atoms with Crippen molar-refractivity contribution in [2.24, 2.45) is 0 Å². The summed E-state index contributed by atoms with van der Waals surface area (Å²) in [4.78, 5) is 20.9. The second kappa shape index (κ2) is 7.57. The first kappa shape index (κ1) is 16.6. The molecule has 5 nitrogen and oxygen atoms in total. The summed E-state index contributed by atoms with van der Waals surface area (Å²) in [6, 6.07) is 15.1. The number of pyridine rings is 2. The Balaban J connectivity index is 1.60. The van der Waals surface area contributed by atoms with Crippen molar-refractivity contribution in [3.63, 3.8) is 0 Å². The van der Waals surface area contributed by atoms with Gasteiger partial charge in [0.2, 0.25) is 0 Å². The molecule has 0 aliphatic rings. The molecule has 0 aliphatic heterocycles. The fourth-order valence-corrected chi connectivity index (χ4v) is 2.34. The molecule has 0 bridgehead atoms. The van der Waals surface area contributed by atoms with Crippen LogP contribution in [0, 0.1) is 13.8 Å². The normalized spacial score (nSPS) is 10.3. The molecule has 5 heteroatoms. The van der Waals surface area contributed by atoms with Crippen molar-refractivity contribution < 1.29 is 4.79 Å². The Morgan fingerprint density at radius 3 is 2.56 bits per heavy atom. The highest BCUT2D eigenvalue weighted by Gasteiger charge is 2.07. The summed E-state index contributed by atoms with van der Waals surface area (Å²) in [5, 5.41) is 6.06. The minimum atomic E-state index is -0.140. The van der Waals surface area contributed by atoms with Gasteiger partial charge < -0.3 is 10.6 Å². The van der Waals surface area contributed by atoms with Crippen LogP contribution in [-0.4, -0.2) is 15.9 Å². The first-order valence-electron chi connectivity index (χ1n) is 8.10. The van der Waals surface area contributed by atoms with Gasteiger partial charge in [-0.15, -0.1) is 0 Å². The number of aryl methyl sites for hydroxylation is 2. The Morgan fingerprint density at radius 1 is 1.00 bits per heavy atom. The van der Waals surface area contributed by atoms with Crippen LogP contribution in [0.1, 0.15) is 27.2 Å². The smallest absolute Gasteiger partial charge is 0.255 e. The predicted molar refractivity (Wildman–Crippen MR) is 99.7 cm³/mol. The largest absolute Gasteiger partial charge is 0.364 e. The van der Waals surface area contributed by atoms with Crippen molar-refractivity contribution in [3.8, 4) is 0 Å². The van der Waals surface area contributed by atoms with Crippen LogP contribution in [0.5, 0.6) is 0 Å². The summed E-state index contributed by atoms with van der Waals surface area (Å²) >= 11 is 0. The standard InChI is InChI=1S/C20H20N4O/c1-14-6-7-16(11-15(14)2)20(25)24-18-8-9-19(23-13-18)22-12-17-5-3-4-10-21-17/h3-11,13H,12H2,1-2H3,(H,22,23)(H,24,25). The minimum Gasteiger partial charge on any atom is -0.364 e. The van der Waals surface area contributed by atoms with E-state index in [1.165, 1.54) is 5.56 Å². The van der Waals surface area contributed by atoms with Crippen LogP contribution >= 0.6 is 0 Å². The molecule has 0 radical (unpaired) electrons. The topological polar surface area (TPSA) is 66.9 Å². The van der Waals surface area contributed by atoms with Gasteiger partial charge in [-0.25, -0.2) is 4.98 Å². The van der Waals surface area contributed by atoms with Gasteiger partial charge in [-0.05, 0) is 61.4 Å². The SMILES string of the molecule is Cc1ccc(C(=O)Nc2ccc(NCc3ccccn3)nc2)cc1C. The predicted octanol–water partition coefficient (Wildman–Crippen LogP) is 3.96. The molecule has 25 heavy (non-hydrogen) atoms. The first-order chi connectivity index (χ1) is 12.1. The van der Waals surface area contributed by atoms with Crippen molar-refractivity contribution in [1.82, 2.24) is 9.97 Å². The highest BCUT2D eigenvalue weighted by molar-refractivity contribution is 6.04. The molecule has 0 spiro atoms. The van der Waals surface area contributed by atoms with Crippen LogP contribution in [0.2, 0.25) is 0 Å². The van der Waals surface area contributed by atoms with E-state index in [-0.39, 0.29) is 5.91 Å². The fraction of sp³-hybridized carbons (Fsp3) is 0.150. The van der Waals surface area contributed by atoms with Crippen LogP contribution in [0.25, 0.3) is 0 Å². The molecule has 0 aliphatic carbocycles. The molecular formula is C20H20N4O. The monoisotopic (exact) mass is 332 g/mol. The van der Waals surface area contributed by atoms with Gasteiger partial charge in [0.15, 0.2) is 0 Å².